The summed E-state index contributed by atoms with van der Waals surface area (Å²) in [5.74, 6) is 0.284. The van der Waals surface area contributed by atoms with Crippen molar-refractivity contribution in [2.45, 2.75) is 129 Å². The monoisotopic (exact) mass is 468 g/mol. The van der Waals surface area contributed by atoms with Crippen molar-refractivity contribution in [1.82, 2.24) is 0 Å². The molecule has 0 spiro atoms. The van der Waals surface area contributed by atoms with Crippen LogP contribution in [0.15, 0.2) is 0 Å². The van der Waals surface area contributed by atoms with Crippen LogP contribution in [0.4, 0.5) is 0 Å². The molecule has 0 aliphatic heterocycles. The molecule has 0 rings (SSSR count). The van der Waals surface area contributed by atoms with E-state index in [0.29, 0.717) is 13.2 Å². The summed E-state index contributed by atoms with van der Waals surface area (Å²) in [6.07, 6.45) is 22.3. The summed E-state index contributed by atoms with van der Waals surface area (Å²) >= 11 is 5.68. The third kappa shape index (κ3) is 21.6. The van der Waals surface area contributed by atoms with Gasteiger partial charge in [-0.2, -0.15) is 0 Å². The molecule has 0 amide bonds. The first kappa shape index (κ1) is 30.4. The van der Waals surface area contributed by atoms with Crippen LogP contribution in [0, 0.1) is 0 Å². The molecule has 0 saturated heterocycles. The van der Waals surface area contributed by atoms with E-state index >= 15 is 0 Å². The van der Waals surface area contributed by atoms with Gasteiger partial charge in [0.05, 0.1) is 19.8 Å². The molecule has 0 aromatic heterocycles. The number of alkyl halides is 1. The fraction of sp³-hybridized carbons (Fsp3) is 1.00. The van der Waals surface area contributed by atoms with Gasteiger partial charge in [0.1, 0.15) is 0 Å². The molecule has 0 fully saturated rings. The zero-order valence-corrected chi connectivity index (χ0v) is 21.7. The van der Waals surface area contributed by atoms with Crippen molar-refractivity contribution in [2.75, 3.05) is 25.7 Å². The molecule has 0 unspecified atom stereocenters. The number of halogens is 1. The van der Waals surface area contributed by atoms with Crippen molar-refractivity contribution >= 4 is 19.4 Å². The number of hydrogen-bond acceptors (Lipinski definition) is 4. The number of phosphoric ester groups is 1. The standard InChI is InChI=1S/C24H50ClO4P/c1-3-5-7-9-11-13-15-17-19-22-27-30(26,29-24-21-25)28-23-20-18-16-14-12-10-8-6-4-2/h3-24H2,1-2H3. The minimum atomic E-state index is -3.47. The minimum absolute atomic E-state index is 0.189. The normalized spacial score (nSPS) is 12.0. The lowest BCUT2D eigenvalue weighted by molar-refractivity contribution is 0.114. The Morgan fingerprint density at radius 1 is 0.500 bits per heavy atom. The lowest BCUT2D eigenvalue weighted by Gasteiger charge is -2.17. The van der Waals surface area contributed by atoms with Crippen LogP contribution in [0.3, 0.4) is 0 Å². The van der Waals surface area contributed by atoms with Crippen molar-refractivity contribution in [1.29, 1.82) is 0 Å². The maximum absolute atomic E-state index is 12.7. The van der Waals surface area contributed by atoms with Gasteiger partial charge in [0.2, 0.25) is 0 Å². The predicted molar refractivity (Wildman–Crippen MR) is 131 cm³/mol. The van der Waals surface area contributed by atoms with Crippen LogP contribution in [-0.2, 0) is 18.1 Å². The van der Waals surface area contributed by atoms with Gasteiger partial charge in [0.25, 0.3) is 0 Å². The predicted octanol–water partition coefficient (Wildman–Crippen LogP) is 9.44. The van der Waals surface area contributed by atoms with Gasteiger partial charge in [-0.25, -0.2) is 4.57 Å². The molecular weight excluding hydrogens is 419 g/mol. The Balaban J connectivity index is 3.73. The third-order valence-electron chi connectivity index (χ3n) is 5.32. The molecule has 0 saturated carbocycles. The highest BCUT2D eigenvalue weighted by atomic mass is 35.5. The van der Waals surface area contributed by atoms with E-state index < -0.39 is 7.82 Å². The van der Waals surface area contributed by atoms with Crippen LogP contribution < -0.4 is 0 Å². The summed E-state index contributed by atoms with van der Waals surface area (Å²) in [6.45, 7) is 5.53. The maximum Gasteiger partial charge on any atom is 0.474 e. The van der Waals surface area contributed by atoms with E-state index in [-0.39, 0.29) is 12.5 Å². The second kappa shape index (κ2) is 24.1. The maximum atomic E-state index is 12.7. The molecule has 182 valence electrons. The van der Waals surface area contributed by atoms with E-state index in [0.717, 1.165) is 25.7 Å². The van der Waals surface area contributed by atoms with Crippen LogP contribution in [0.5, 0.6) is 0 Å². The lowest BCUT2D eigenvalue weighted by atomic mass is 10.1. The Labute approximate surface area is 192 Å². The molecule has 6 heteroatoms. The van der Waals surface area contributed by atoms with Gasteiger partial charge in [-0.05, 0) is 12.8 Å². The average molecular weight is 469 g/mol. The summed E-state index contributed by atoms with van der Waals surface area (Å²) in [4.78, 5) is 0. The first-order valence-electron chi connectivity index (χ1n) is 12.8. The Hall–Kier alpha value is 0.400. The van der Waals surface area contributed by atoms with Crippen LogP contribution in [-0.4, -0.2) is 25.7 Å². The fourth-order valence-corrected chi connectivity index (χ4v) is 4.86. The van der Waals surface area contributed by atoms with Gasteiger partial charge >= 0.3 is 7.82 Å². The van der Waals surface area contributed by atoms with E-state index in [1.165, 1.54) is 89.9 Å². The van der Waals surface area contributed by atoms with Gasteiger partial charge in [-0.15, -0.1) is 11.6 Å². The number of unbranched alkanes of at least 4 members (excludes halogenated alkanes) is 16. The third-order valence-corrected chi connectivity index (χ3v) is 6.97. The molecule has 30 heavy (non-hydrogen) atoms. The SMILES string of the molecule is CCCCCCCCCCCOP(=O)(OCCCl)OCCCCCCCCCCC. The summed E-state index contributed by atoms with van der Waals surface area (Å²) in [7, 11) is -3.47. The Bertz CT molecular complexity index is 354. The smallest absolute Gasteiger partial charge is 0.287 e. The van der Waals surface area contributed by atoms with E-state index in [4.69, 9.17) is 25.2 Å². The topological polar surface area (TPSA) is 44.8 Å². The van der Waals surface area contributed by atoms with E-state index in [9.17, 15) is 4.57 Å². The number of hydrogen-bond donors (Lipinski definition) is 0. The molecular formula is C24H50ClO4P. The molecule has 0 N–H and O–H groups in total. The fourth-order valence-electron chi connectivity index (χ4n) is 3.44. The molecule has 0 aromatic rings. The van der Waals surface area contributed by atoms with Crippen LogP contribution >= 0.6 is 19.4 Å². The number of phosphoric acid groups is 1. The number of rotatable bonds is 25. The average Bonchev–Trinajstić information content (AvgIpc) is 2.75. The first-order chi connectivity index (χ1) is 14.7. The summed E-state index contributed by atoms with van der Waals surface area (Å²) in [6, 6.07) is 0. The molecule has 0 heterocycles. The summed E-state index contributed by atoms with van der Waals surface area (Å²) < 4.78 is 29.1. The van der Waals surface area contributed by atoms with Gasteiger partial charge < -0.3 is 0 Å². The molecule has 0 aromatic carbocycles. The lowest BCUT2D eigenvalue weighted by Crippen LogP contribution is -2.04. The van der Waals surface area contributed by atoms with Gasteiger partial charge in [0.15, 0.2) is 0 Å². The molecule has 0 radical (unpaired) electrons. The van der Waals surface area contributed by atoms with E-state index in [1.807, 2.05) is 0 Å². The van der Waals surface area contributed by atoms with Crippen molar-refractivity contribution < 1.29 is 18.1 Å². The van der Waals surface area contributed by atoms with Crippen LogP contribution in [0.2, 0.25) is 0 Å². The Kier molecular flexibility index (Phi) is 24.4. The Morgan fingerprint density at radius 2 is 0.800 bits per heavy atom. The second-order valence-corrected chi connectivity index (χ2v) is 10.3. The van der Waals surface area contributed by atoms with E-state index in [2.05, 4.69) is 13.8 Å². The molecule has 0 atom stereocenters. The zero-order chi connectivity index (χ0) is 22.2. The minimum Gasteiger partial charge on any atom is -0.287 e. The quantitative estimate of drug-likeness (QED) is 0.0759. The largest absolute Gasteiger partial charge is 0.474 e. The van der Waals surface area contributed by atoms with E-state index in [1.54, 1.807) is 0 Å². The van der Waals surface area contributed by atoms with Crippen LogP contribution in [0.1, 0.15) is 129 Å². The molecule has 4 nitrogen and oxygen atoms in total. The van der Waals surface area contributed by atoms with Gasteiger partial charge in [-0.3, -0.25) is 13.6 Å². The van der Waals surface area contributed by atoms with Crippen molar-refractivity contribution in [3.63, 3.8) is 0 Å². The first-order valence-corrected chi connectivity index (χ1v) is 14.8. The second-order valence-electron chi connectivity index (χ2n) is 8.29. The molecule has 0 aliphatic rings. The zero-order valence-electron chi connectivity index (χ0n) is 20.0. The highest BCUT2D eigenvalue weighted by Gasteiger charge is 2.26. The Morgan fingerprint density at radius 3 is 1.13 bits per heavy atom. The van der Waals surface area contributed by atoms with Crippen LogP contribution in [0.25, 0.3) is 0 Å². The molecule has 0 bridgehead atoms. The van der Waals surface area contributed by atoms with Crippen molar-refractivity contribution in [3.05, 3.63) is 0 Å². The highest BCUT2D eigenvalue weighted by Crippen LogP contribution is 2.49. The van der Waals surface area contributed by atoms with Gasteiger partial charge in [0, 0.05) is 5.88 Å². The van der Waals surface area contributed by atoms with Gasteiger partial charge in [-0.1, -0.05) is 117 Å². The summed E-state index contributed by atoms with van der Waals surface area (Å²) in [5.41, 5.74) is 0. The molecule has 0 aliphatic carbocycles. The highest BCUT2D eigenvalue weighted by molar-refractivity contribution is 7.48. The van der Waals surface area contributed by atoms with Crippen molar-refractivity contribution in [3.8, 4) is 0 Å². The summed E-state index contributed by atoms with van der Waals surface area (Å²) in [5, 5.41) is 0. The van der Waals surface area contributed by atoms with Crippen molar-refractivity contribution in [2.24, 2.45) is 0 Å².